The second-order valence-corrected chi connectivity index (χ2v) is 7.42. The van der Waals surface area contributed by atoms with Crippen molar-refractivity contribution in [1.82, 2.24) is 15.2 Å². The number of para-hydroxylation sites is 2. The molecule has 2 atom stereocenters. The molecule has 7 heteroatoms. The predicted octanol–water partition coefficient (Wildman–Crippen LogP) is 4.32. The molecule has 0 bridgehead atoms. The largest absolute Gasteiger partial charge is 0.491 e. The lowest BCUT2D eigenvalue weighted by Gasteiger charge is -2.32. The predicted molar refractivity (Wildman–Crippen MR) is 107 cm³/mol. The number of urea groups is 1. The molecule has 152 valence electrons. The Bertz CT molecular complexity index is 940. The van der Waals surface area contributed by atoms with Crippen LogP contribution in [0.3, 0.4) is 0 Å². The van der Waals surface area contributed by atoms with E-state index in [1.165, 1.54) is 12.1 Å². The molecule has 4 rings (SSSR count). The summed E-state index contributed by atoms with van der Waals surface area (Å²) >= 11 is 0. The molecule has 29 heavy (non-hydrogen) atoms. The average Bonchev–Trinajstić information content (AvgIpc) is 3.18. The number of hydrogen-bond acceptors (Lipinski definition) is 4. The molecule has 1 fully saturated rings. The number of fused-ring (bicyclic) bond motifs is 1. The second kappa shape index (κ2) is 8.51. The summed E-state index contributed by atoms with van der Waals surface area (Å²) in [5.41, 5.74) is 1.62. The van der Waals surface area contributed by atoms with Crippen LogP contribution < -0.4 is 10.1 Å². The lowest BCUT2D eigenvalue weighted by Crippen LogP contribution is -2.48. The lowest BCUT2D eigenvalue weighted by atomic mass is 9.98. The summed E-state index contributed by atoms with van der Waals surface area (Å²) in [6, 6.07) is 13.2. The van der Waals surface area contributed by atoms with E-state index in [1.807, 2.05) is 31.2 Å². The van der Waals surface area contributed by atoms with Crippen molar-refractivity contribution in [2.75, 3.05) is 19.7 Å². The highest BCUT2D eigenvalue weighted by atomic mass is 19.1. The van der Waals surface area contributed by atoms with Crippen LogP contribution in [0.25, 0.3) is 11.1 Å². The first-order chi connectivity index (χ1) is 14.1. The summed E-state index contributed by atoms with van der Waals surface area (Å²) < 4.78 is 24.5. The summed E-state index contributed by atoms with van der Waals surface area (Å²) in [6.45, 7) is 3.46. The van der Waals surface area contributed by atoms with E-state index in [0.717, 1.165) is 23.9 Å². The molecule has 2 heterocycles. The number of carbonyl (C=O) groups is 1. The van der Waals surface area contributed by atoms with Gasteiger partial charge in [0, 0.05) is 13.1 Å². The first kappa shape index (κ1) is 19.2. The Morgan fingerprint density at radius 1 is 1.31 bits per heavy atom. The molecule has 0 aliphatic carbocycles. The standard InChI is InChI=1S/C22H24FN3O3/c1-15(14-28-18-10-8-17(23)9-11-18)24-22(27)26-12-4-5-16(13-26)21-25-19-6-2-3-7-20(19)29-21/h2-3,6-11,15-16H,4-5,12-14H2,1H3,(H,24,27)/t15-,16-/m1/s1. The van der Waals surface area contributed by atoms with Crippen molar-refractivity contribution in [2.45, 2.75) is 31.7 Å². The van der Waals surface area contributed by atoms with Crippen LogP contribution in [0.4, 0.5) is 9.18 Å². The number of piperidine rings is 1. The van der Waals surface area contributed by atoms with Crippen molar-refractivity contribution < 1.29 is 18.3 Å². The number of benzene rings is 2. The van der Waals surface area contributed by atoms with Gasteiger partial charge in [0.15, 0.2) is 11.5 Å². The highest BCUT2D eigenvalue weighted by Crippen LogP contribution is 2.29. The van der Waals surface area contributed by atoms with Gasteiger partial charge in [-0.2, -0.15) is 0 Å². The summed E-state index contributed by atoms with van der Waals surface area (Å²) in [7, 11) is 0. The number of halogens is 1. The minimum absolute atomic E-state index is 0.0904. The van der Waals surface area contributed by atoms with Crippen LogP contribution in [0, 0.1) is 5.82 Å². The van der Waals surface area contributed by atoms with Gasteiger partial charge in [0.1, 0.15) is 23.7 Å². The minimum atomic E-state index is -0.308. The number of hydrogen-bond donors (Lipinski definition) is 1. The van der Waals surface area contributed by atoms with Crippen LogP contribution in [0.2, 0.25) is 0 Å². The van der Waals surface area contributed by atoms with E-state index in [-0.39, 0.29) is 23.8 Å². The third-order valence-electron chi connectivity index (χ3n) is 5.05. The number of aromatic nitrogens is 1. The van der Waals surface area contributed by atoms with Gasteiger partial charge in [-0.3, -0.25) is 0 Å². The fourth-order valence-corrected chi connectivity index (χ4v) is 3.52. The first-order valence-electron chi connectivity index (χ1n) is 9.88. The zero-order chi connectivity index (χ0) is 20.2. The molecule has 0 unspecified atom stereocenters. The van der Waals surface area contributed by atoms with Crippen LogP contribution in [0.1, 0.15) is 31.6 Å². The maximum Gasteiger partial charge on any atom is 0.317 e. The summed E-state index contributed by atoms with van der Waals surface area (Å²) in [5.74, 6) is 1.04. The van der Waals surface area contributed by atoms with E-state index >= 15 is 0 Å². The van der Waals surface area contributed by atoms with Gasteiger partial charge in [0.25, 0.3) is 0 Å². The number of rotatable bonds is 5. The van der Waals surface area contributed by atoms with E-state index in [2.05, 4.69) is 10.3 Å². The van der Waals surface area contributed by atoms with E-state index in [9.17, 15) is 9.18 Å². The van der Waals surface area contributed by atoms with Crippen molar-refractivity contribution in [3.63, 3.8) is 0 Å². The zero-order valence-corrected chi connectivity index (χ0v) is 16.3. The number of nitrogens with one attached hydrogen (secondary N) is 1. The molecule has 1 saturated heterocycles. The van der Waals surface area contributed by atoms with Crippen LogP contribution in [-0.4, -0.2) is 41.7 Å². The van der Waals surface area contributed by atoms with Gasteiger partial charge in [0.05, 0.1) is 12.0 Å². The number of oxazole rings is 1. The van der Waals surface area contributed by atoms with E-state index in [1.54, 1.807) is 17.0 Å². The summed E-state index contributed by atoms with van der Waals surface area (Å²) in [5, 5.41) is 2.97. The van der Waals surface area contributed by atoms with Gasteiger partial charge in [-0.05, 0) is 56.2 Å². The molecule has 0 spiro atoms. The van der Waals surface area contributed by atoms with Gasteiger partial charge in [0.2, 0.25) is 0 Å². The Labute approximate surface area is 168 Å². The van der Waals surface area contributed by atoms with Crippen LogP contribution in [0.15, 0.2) is 52.9 Å². The molecule has 1 aliphatic rings. The number of ether oxygens (including phenoxy) is 1. The molecular formula is C22H24FN3O3. The Morgan fingerprint density at radius 3 is 2.90 bits per heavy atom. The smallest absolute Gasteiger partial charge is 0.317 e. The molecule has 1 N–H and O–H groups in total. The molecule has 3 aromatic rings. The van der Waals surface area contributed by atoms with Crippen molar-refractivity contribution in [1.29, 1.82) is 0 Å². The molecule has 1 aromatic heterocycles. The van der Waals surface area contributed by atoms with Gasteiger partial charge >= 0.3 is 6.03 Å². The Morgan fingerprint density at radius 2 is 2.10 bits per heavy atom. The van der Waals surface area contributed by atoms with E-state index in [4.69, 9.17) is 9.15 Å². The lowest BCUT2D eigenvalue weighted by molar-refractivity contribution is 0.167. The second-order valence-electron chi connectivity index (χ2n) is 7.42. The quantitative estimate of drug-likeness (QED) is 0.696. The first-order valence-corrected chi connectivity index (χ1v) is 9.88. The maximum absolute atomic E-state index is 12.9. The van der Waals surface area contributed by atoms with Crippen molar-refractivity contribution in [3.05, 3.63) is 60.2 Å². The monoisotopic (exact) mass is 397 g/mol. The Balaban J connectivity index is 1.31. The molecule has 0 saturated carbocycles. The van der Waals surface area contributed by atoms with E-state index in [0.29, 0.717) is 31.3 Å². The molecule has 2 aromatic carbocycles. The van der Waals surface area contributed by atoms with Crippen LogP contribution in [0.5, 0.6) is 5.75 Å². The number of likely N-dealkylation sites (tertiary alicyclic amines) is 1. The van der Waals surface area contributed by atoms with Gasteiger partial charge in [-0.1, -0.05) is 12.1 Å². The Hall–Kier alpha value is -3.09. The normalized spacial score (nSPS) is 17.9. The third-order valence-corrected chi connectivity index (χ3v) is 5.05. The molecule has 1 aliphatic heterocycles. The molecule has 2 amide bonds. The summed E-state index contributed by atoms with van der Waals surface area (Å²) in [6.07, 6.45) is 1.84. The highest BCUT2D eigenvalue weighted by molar-refractivity contribution is 5.75. The van der Waals surface area contributed by atoms with Crippen LogP contribution in [-0.2, 0) is 0 Å². The minimum Gasteiger partial charge on any atom is -0.491 e. The Kier molecular flexibility index (Phi) is 5.64. The number of nitrogens with zero attached hydrogens (tertiary/aromatic N) is 2. The fourth-order valence-electron chi connectivity index (χ4n) is 3.52. The zero-order valence-electron chi connectivity index (χ0n) is 16.3. The number of amides is 2. The molecular weight excluding hydrogens is 373 g/mol. The van der Waals surface area contributed by atoms with E-state index < -0.39 is 0 Å². The van der Waals surface area contributed by atoms with Crippen molar-refractivity contribution in [3.8, 4) is 5.75 Å². The third kappa shape index (κ3) is 4.67. The van der Waals surface area contributed by atoms with Gasteiger partial charge in [-0.15, -0.1) is 0 Å². The highest BCUT2D eigenvalue weighted by Gasteiger charge is 2.28. The maximum atomic E-state index is 12.9. The van der Waals surface area contributed by atoms with Gasteiger partial charge in [-0.25, -0.2) is 14.2 Å². The number of carbonyl (C=O) groups excluding carboxylic acids is 1. The molecule has 0 radical (unpaired) electrons. The average molecular weight is 397 g/mol. The fraction of sp³-hybridized carbons (Fsp3) is 0.364. The molecule has 6 nitrogen and oxygen atoms in total. The summed E-state index contributed by atoms with van der Waals surface area (Å²) in [4.78, 5) is 19.1. The SMILES string of the molecule is C[C@H](COc1ccc(F)cc1)NC(=O)N1CCC[C@@H](c2nc3ccccc3o2)C1. The van der Waals surface area contributed by atoms with Crippen molar-refractivity contribution in [2.24, 2.45) is 0 Å². The topological polar surface area (TPSA) is 67.6 Å². The van der Waals surface area contributed by atoms with Crippen molar-refractivity contribution >= 4 is 17.1 Å². The van der Waals surface area contributed by atoms with Gasteiger partial charge < -0.3 is 19.4 Å². The van der Waals surface area contributed by atoms with Crippen LogP contribution >= 0.6 is 0 Å².